The molecule has 1 aromatic heterocycles. The molecule has 0 saturated heterocycles. The number of esters is 1. The maximum atomic E-state index is 12.7. The van der Waals surface area contributed by atoms with Gasteiger partial charge in [-0.05, 0) is 44.5 Å². The molecule has 0 bridgehead atoms. The van der Waals surface area contributed by atoms with E-state index in [1.807, 2.05) is 79.1 Å². The Kier molecular flexibility index (Phi) is 7.49. The van der Waals surface area contributed by atoms with Crippen LogP contribution < -0.4 is 10.1 Å². The molecule has 6 nitrogen and oxygen atoms in total. The van der Waals surface area contributed by atoms with Crippen LogP contribution in [0.1, 0.15) is 36.3 Å². The molecule has 1 amide bonds. The molecule has 0 saturated carbocycles. The molecular weight excluding hydrogens is 392 g/mol. The highest BCUT2D eigenvalue weighted by molar-refractivity contribution is 5.93. The summed E-state index contributed by atoms with van der Waals surface area (Å²) in [7, 11) is 0. The van der Waals surface area contributed by atoms with Gasteiger partial charge < -0.3 is 19.4 Å². The van der Waals surface area contributed by atoms with Crippen molar-refractivity contribution in [3.8, 4) is 17.0 Å². The van der Waals surface area contributed by atoms with Crippen LogP contribution in [0, 0.1) is 6.92 Å². The van der Waals surface area contributed by atoms with E-state index in [9.17, 15) is 9.59 Å². The van der Waals surface area contributed by atoms with Crippen molar-refractivity contribution >= 4 is 17.6 Å². The van der Waals surface area contributed by atoms with Gasteiger partial charge in [0.2, 0.25) is 5.91 Å². The van der Waals surface area contributed by atoms with Crippen molar-refractivity contribution in [2.45, 2.75) is 33.7 Å². The van der Waals surface area contributed by atoms with Crippen molar-refractivity contribution in [1.82, 2.24) is 4.57 Å². The third kappa shape index (κ3) is 5.34. The number of anilines is 1. The molecule has 1 heterocycles. The predicted octanol–water partition coefficient (Wildman–Crippen LogP) is 5.07. The lowest BCUT2D eigenvalue weighted by molar-refractivity contribution is -0.116. The van der Waals surface area contributed by atoms with E-state index in [1.54, 1.807) is 6.92 Å². The summed E-state index contributed by atoms with van der Waals surface area (Å²) in [6, 6.07) is 19.0. The van der Waals surface area contributed by atoms with E-state index in [-0.39, 0.29) is 18.3 Å². The lowest BCUT2D eigenvalue weighted by Gasteiger charge is -2.14. The van der Waals surface area contributed by atoms with Gasteiger partial charge in [0.1, 0.15) is 5.75 Å². The van der Waals surface area contributed by atoms with Gasteiger partial charge >= 0.3 is 5.97 Å². The van der Waals surface area contributed by atoms with E-state index >= 15 is 0 Å². The van der Waals surface area contributed by atoms with Crippen LogP contribution in [0.15, 0.2) is 60.7 Å². The average molecular weight is 421 g/mol. The maximum Gasteiger partial charge on any atom is 0.339 e. The Labute approximate surface area is 182 Å². The number of amides is 1. The smallest absolute Gasteiger partial charge is 0.339 e. The second-order valence-corrected chi connectivity index (χ2v) is 6.99. The number of hydrogen-bond donors (Lipinski definition) is 1. The summed E-state index contributed by atoms with van der Waals surface area (Å²) < 4.78 is 12.8. The van der Waals surface area contributed by atoms with Crippen molar-refractivity contribution in [1.29, 1.82) is 0 Å². The number of carbonyl (C=O) groups is 2. The lowest BCUT2D eigenvalue weighted by atomic mass is 10.1. The fourth-order valence-electron chi connectivity index (χ4n) is 3.47. The Balaban J connectivity index is 1.82. The monoisotopic (exact) mass is 420 g/mol. The van der Waals surface area contributed by atoms with Crippen LogP contribution in [0.2, 0.25) is 0 Å². The summed E-state index contributed by atoms with van der Waals surface area (Å²) in [5.41, 5.74) is 3.80. The van der Waals surface area contributed by atoms with Crippen LogP contribution in [-0.2, 0) is 16.1 Å². The number of benzene rings is 2. The molecule has 1 N–H and O–H groups in total. The fraction of sp³-hybridized carbons (Fsp3) is 0.280. The molecular formula is C25H28N2O4. The van der Waals surface area contributed by atoms with Crippen molar-refractivity contribution in [2.75, 3.05) is 18.5 Å². The summed E-state index contributed by atoms with van der Waals surface area (Å²) in [5.74, 6) is 0.160. The van der Waals surface area contributed by atoms with Gasteiger partial charge in [0.15, 0.2) is 0 Å². The van der Waals surface area contributed by atoms with Gasteiger partial charge in [-0.25, -0.2) is 4.79 Å². The minimum absolute atomic E-state index is 0.128. The van der Waals surface area contributed by atoms with Crippen molar-refractivity contribution < 1.29 is 19.1 Å². The SMILES string of the molecule is CCOC(=O)c1cc(-c2ccccc2)n(CCC(=O)Nc2ccccc2OCC)c1C. The van der Waals surface area contributed by atoms with Crippen LogP contribution in [0.3, 0.4) is 0 Å². The molecule has 6 heteroatoms. The van der Waals surface area contributed by atoms with Gasteiger partial charge in [-0.15, -0.1) is 0 Å². The zero-order chi connectivity index (χ0) is 22.2. The Morgan fingerprint density at radius 1 is 0.968 bits per heavy atom. The summed E-state index contributed by atoms with van der Waals surface area (Å²) in [4.78, 5) is 25.1. The molecule has 162 valence electrons. The lowest BCUT2D eigenvalue weighted by Crippen LogP contribution is -2.16. The van der Waals surface area contributed by atoms with Crippen LogP contribution in [0.5, 0.6) is 5.75 Å². The largest absolute Gasteiger partial charge is 0.492 e. The highest BCUT2D eigenvalue weighted by Gasteiger charge is 2.20. The van der Waals surface area contributed by atoms with Crippen LogP contribution in [0.25, 0.3) is 11.3 Å². The summed E-state index contributed by atoms with van der Waals surface area (Å²) in [6.07, 6.45) is 0.248. The maximum absolute atomic E-state index is 12.7. The second kappa shape index (κ2) is 10.5. The quantitative estimate of drug-likeness (QED) is 0.491. The number of rotatable bonds is 9. The topological polar surface area (TPSA) is 69.6 Å². The van der Waals surface area contributed by atoms with E-state index in [4.69, 9.17) is 9.47 Å². The fourth-order valence-corrected chi connectivity index (χ4v) is 3.47. The standard InChI is InChI=1S/C25H28N2O4/c1-4-30-23-14-10-9-13-21(23)26-24(28)15-16-27-18(3)20(25(29)31-5-2)17-22(27)19-11-7-6-8-12-19/h6-14,17H,4-5,15-16H2,1-3H3,(H,26,28). The van der Waals surface area contributed by atoms with Crippen molar-refractivity contribution in [3.63, 3.8) is 0 Å². The minimum atomic E-state index is -0.356. The van der Waals surface area contributed by atoms with Crippen molar-refractivity contribution in [2.24, 2.45) is 0 Å². The summed E-state index contributed by atoms with van der Waals surface area (Å²) in [5, 5.41) is 2.93. The molecule has 0 fully saturated rings. The summed E-state index contributed by atoms with van der Waals surface area (Å²) >= 11 is 0. The highest BCUT2D eigenvalue weighted by Crippen LogP contribution is 2.28. The predicted molar refractivity (Wildman–Crippen MR) is 121 cm³/mol. The number of carbonyl (C=O) groups excluding carboxylic acids is 2. The molecule has 0 atom stereocenters. The first kappa shape index (κ1) is 22.2. The Hall–Kier alpha value is -3.54. The number of para-hydroxylation sites is 2. The van der Waals surface area contributed by atoms with E-state index in [0.717, 1.165) is 17.0 Å². The number of ether oxygens (including phenoxy) is 2. The van der Waals surface area contributed by atoms with Gasteiger partial charge in [-0.3, -0.25) is 4.79 Å². The number of aromatic nitrogens is 1. The third-order valence-corrected chi connectivity index (χ3v) is 4.95. The van der Waals surface area contributed by atoms with E-state index in [1.165, 1.54) is 0 Å². The molecule has 0 unspecified atom stereocenters. The van der Waals surface area contributed by atoms with Crippen LogP contribution in [-0.4, -0.2) is 29.7 Å². The summed E-state index contributed by atoms with van der Waals surface area (Å²) in [6.45, 7) is 6.82. The Morgan fingerprint density at radius 3 is 2.39 bits per heavy atom. The Morgan fingerprint density at radius 2 is 1.68 bits per heavy atom. The number of hydrogen-bond acceptors (Lipinski definition) is 4. The highest BCUT2D eigenvalue weighted by atomic mass is 16.5. The number of nitrogens with one attached hydrogen (secondary N) is 1. The molecule has 3 rings (SSSR count). The molecule has 31 heavy (non-hydrogen) atoms. The van der Waals surface area contributed by atoms with Crippen LogP contribution >= 0.6 is 0 Å². The third-order valence-electron chi connectivity index (χ3n) is 4.95. The molecule has 0 aliphatic carbocycles. The molecule has 0 aliphatic heterocycles. The molecule has 3 aromatic rings. The first-order chi connectivity index (χ1) is 15.0. The minimum Gasteiger partial charge on any atom is -0.492 e. The molecule has 0 spiro atoms. The zero-order valence-electron chi connectivity index (χ0n) is 18.2. The normalized spacial score (nSPS) is 10.5. The zero-order valence-corrected chi connectivity index (χ0v) is 18.2. The van der Waals surface area contributed by atoms with Gasteiger partial charge in [0.25, 0.3) is 0 Å². The molecule has 0 aliphatic rings. The Bertz CT molecular complexity index is 1040. The first-order valence-electron chi connectivity index (χ1n) is 10.5. The van der Waals surface area contributed by atoms with Crippen LogP contribution in [0.4, 0.5) is 5.69 Å². The average Bonchev–Trinajstić information content (AvgIpc) is 3.11. The van der Waals surface area contributed by atoms with Gasteiger partial charge in [-0.2, -0.15) is 0 Å². The van der Waals surface area contributed by atoms with Gasteiger partial charge in [0, 0.05) is 24.4 Å². The van der Waals surface area contributed by atoms with Gasteiger partial charge in [0.05, 0.1) is 24.5 Å². The molecule has 2 aromatic carbocycles. The van der Waals surface area contributed by atoms with E-state index in [2.05, 4.69) is 5.32 Å². The van der Waals surface area contributed by atoms with Crippen molar-refractivity contribution in [3.05, 3.63) is 71.9 Å². The second-order valence-electron chi connectivity index (χ2n) is 6.99. The van der Waals surface area contributed by atoms with E-state index in [0.29, 0.717) is 36.8 Å². The first-order valence-corrected chi connectivity index (χ1v) is 10.5. The molecule has 0 radical (unpaired) electrons. The van der Waals surface area contributed by atoms with E-state index < -0.39 is 0 Å². The number of nitrogens with zero attached hydrogens (tertiary/aromatic N) is 1. The van der Waals surface area contributed by atoms with Gasteiger partial charge in [-0.1, -0.05) is 42.5 Å².